The van der Waals surface area contributed by atoms with E-state index in [1.54, 1.807) is 36.4 Å². The third kappa shape index (κ3) is 3.37. The van der Waals surface area contributed by atoms with Gasteiger partial charge < -0.3 is 23.9 Å². The van der Waals surface area contributed by atoms with Crippen molar-refractivity contribution in [3.8, 4) is 11.8 Å². The zero-order valence-corrected chi connectivity index (χ0v) is 16.4. The van der Waals surface area contributed by atoms with Crippen molar-refractivity contribution in [2.24, 2.45) is 0 Å². The Balaban J connectivity index is 1.59. The summed E-state index contributed by atoms with van der Waals surface area (Å²) in [6.07, 6.45) is -2.23. The second kappa shape index (κ2) is 7.78. The van der Waals surface area contributed by atoms with Crippen LogP contribution in [0.3, 0.4) is 0 Å². The fourth-order valence-corrected chi connectivity index (χ4v) is 4.22. The highest BCUT2D eigenvalue weighted by Crippen LogP contribution is 2.34. The molecule has 3 heterocycles. The third-order valence-electron chi connectivity index (χ3n) is 5.74. The number of nitriles is 1. The number of aromatic nitrogens is 1. The lowest BCUT2D eigenvalue weighted by Crippen LogP contribution is -2.35. The van der Waals surface area contributed by atoms with E-state index in [9.17, 15) is 19.6 Å². The number of ether oxygens (including phenoxy) is 3. The molecule has 158 valence electrons. The van der Waals surface area contributed by atoms with Gasteiger partial charge in [0.15, 0.2) is 17.4 Å². The molecule has 2 aliphatic heterocycles. The van der Waals surface area contributed by atoms with Gasteiger partial charge in [-0.25, -0.2) is 4.39 Å². The Morgan fingerprint density at radius 2 is 1.87 bits per heavy atom. The lowest BCUT2D eigenvalue weighted by molar-refractivity contribution is 0.00881. The predicted molar refractivity (Wildman–Crippen MR) is 108 cm³/mol. The van der Waals surface area contributed by atoms with Crippen LogP contribution < -0.4 is 10.3 Å². The number of hydrogen-bond donors (Lipinski definition) is 1. The minimum atomic E-state index is -0.727. The smallest absolute Gasteiger partial charge is 0.273 e. The number of rotatable bonds is 4. The van der Waals surface area contributed by atoms with Gasteiger partial charge in [-0.3, -0.25) is 4.79 Å². The average molecular weight is 422 g/mol. The lowest BCUT2D eigenvalue weighted by atomic mass is 10.1. The molecule has 0 unspecified atom stereocenters. The van der Waals surface area contributed by atoms with Gasteiger partial charge in [-0.1, -0.05) is 24.3 Å². The summed E-state index contributed by atoms with van der Waals surface area (Å²) < 4.78 is 32.1. The molecule has 8 heteroatoms. The molecule has 0 saturated carbocycles. The Labute approximate surface area is 176 Å². The van der Waals surface area contributed by atoms with Crippen molar-refractivity contribution in [3.05, 3.63) is 75.8 Å². The third-order valence-corrected chi connectivity index (χ3v) is 5.74. The Morgan fingerprint density at radius 1 is 1.13 bits per heavy atom. The molecule has 2 fully saturated rings. The molecule has 5 rings (SSSR count). The van der Waals surface area contributed by atoms with E-state index < -0.39 is 30.0 Å². The maximum atomic E-state index is 13.3. The molecule has 7 nitrogen and oxygen atoms in total. The van der Waals surface area contributed by atoms with E-state index >= 15 is 0 Å². The van der Waals surface area contributed by atoms with Gasteiger partial charge in [0.2, 0.25) is 0 Å². The van der Waals surface area contributed by atoms with Crippen LogP contribution in [0, 0.1) is 17.1 Å². The fraction of sp³-hybridized carbons (Fsp3) is 0.304. The Bertz CT molecular complexity index is 1230. The normalized spacial score (nSPS) is 24.8. The van der Waals surface area contributed by atoms with Crippen molar-refractivity contribution in [1.29, 1.82) is 5.26 Å². The first-order valence-corrected chi connectivity index (χ1v) is 9.95. The molecule has 4 atom stereocenters. The van der Waals surface area contributed by atoms with Gasteiger partial charge in [0.1, 0.15) is 30.2 Å². The van der Waals surface area contributed by atoms with E-state index in [2.05, 4.69) is 0 Å². The summed E-state index contributed by atoms with van der Waals surface area (Å²) in [6, 6.07) is 15.0. The van der Waals surface area contributed by atoms with Gasteiger partial charge in [0, 0.05) is 5.39 Å². The van der Waals surface area contributed by atoms with Gasteiger partial charge in [-0.05, 0) is 29.8 Å². The SMILES string of the molecule is N#Cc1c(O[C@H]2CO[C@H]3[C@@H]2OC[C@@H]3O)c2ccccc2n(Cc2ccc(F)cc2)c1=O. The van der Waals surface area contributed by atoms with Crippen LogP contribution in [0.4, 0.5) is 4.39 Å². The van der Waals surface area contributed by atoms with Crippen molar-refractivity contribution < 1.29 is 23.7 Å². The predicted octanol–water partition coefficient (Wildman–Crippen LogP) is 1.97. The van der Waals surface area contributed by atoms with Crippen molar-refractivity contribution in [2.75, 3.05) is 13.2 Å². The van der Waals surface area contributed by atoms with E-state index in [1.165, 1.54) is 16.7 Å². The van der Waals surface area contributed by atoms with Crippen molar-refractivity contribution >= 4 is 10.9 Å². The number of halogens is 1. The Kier molecular flexibility index (Phi) is 4.94. The van der Waals surface area contributed by atoms with Crippen LogP contribution in [0.25, 0.3) is 10.9 Å². The summed E-state index contributed by atoms with van der Waals surface area (Å²) in [6.45, 7) is 0.520. The maximum absolute atomic E-state index is 13.3. The van der Waals surface area contributed by atoms with Crippen LogP contribution in [-0.4, -0.2) is 47.3 Å². The van der Waals surface area contributed by atoms with Crippen LogP contribution in [0.15, 0.2) is 53.3 Å². The molecule has 2 saturated heterocycles. The van der Waals surface area contributed by atoms with Crippen molar-refractivity contribution in [3.63, 3.8) is 0 Å². The number of fused-ring (bicyclic) bond motifs is 2. The molecule has 3 aromatic rings. The van der Waals surface area contributed by atoms with Crippen LogP contribution in [0.5, 0.6) is 5.75 Å². The number of aliphatic hydroxyl groups excluding tert-OH is 1. The maximum Gasteiger partial charge on any atom is 0.273 e. The summed E-state index contributed by atoms with van der Waals surface area (Å²) >= 11 is 0. The number of hydrogen-bond acceptors (Lipinski definition) is 6. The van der Waals surface area contributed by atoms with Gasteiger partial charge in [0.05, 0.1) is 25.3 Å². The first kappa shape index (κ1) is 19.7. The number of pyridine rings is 1. The molecule has 0 aliphatic carbocycles. The molecule has 0 bridgehead atoms. The molecule has 31 heavy (non-hydrogen) atoms. The fourth-order valence-electron chi connectivity index (χ4n) is 4.22. The van der Waals surface area contributed by atoms with E-state index in [1.807, 2.05) is 6.07 Å². The monoisotopic (exact) mass is 422 g/mol. The second-order valence-electron chi connectivity index (χ2n) is 7.67. The van der Waals surface area contributed by atoms with Gasteiger partial charge in [-0.15, -0.1) is 0 Å². The second-order valence-corrected chi connectivity index (χ2v) is 7.67. The van der Waals surface area contributed by atoms with E-state index in [4.69, 9.17) is 14.2 Å². The molecule has 0 amide bonds. The zero-order chi connectivity index (χ0) is 21.5. The molecule has 0 radical (unpaired) electrons. The molecule has 2 aliphatic rings. The van der Waals surface area contributed by atoms with E-state index in [0.717, 1.165) is 5.56 Å². The molecule has 0 spiro atoms. The van der Waals surface area contributed by atoms with E-state index in [-0.39, 0.29) is 36.9 Å². The molecule has 1 N–H and O–H groups in total. The van der Waals surface area contributed by atoms with Gasteiger partial charge in [0.25, 0.3) is 5.56 Å². The van der Waals surface area contributed by atoms with Crippen LogP contribution >= 0.6 is 0 Å². The van der Waals surface area contributed by atoms with Gasteiger partial charge in [-0.2, -0.15) is 5.26 Å². The van der Waals surface area contributed by atoms with Crippen molar-refractivity contribution in [1.82, 2.24) is 4.57 Å². The minimum absolute atomic E-state index is 0.122. The minimum Gasteiger partial charge on any atom is -0.483 e. The van der Waals surface area contributed by atoms with E-state index in [0.29, 0.717) is 10.9 Å². The highest BCUT2D eigenvalue weighted by atomic mass is 19.1. The number of aliphatic hydroxyl groups is 1. The largest absolute Gasteiger partial charge is 0.483 e. The number of benzene rings is 2. The standard InChI is InChI=1S/C23H19FN2O5/c24-14-7-5-13(6-8-14)10-26-17-4-2-1-3-15(17)20(16(9-25)23(26)28)31-19-12-30-21-18(27)11-29-22(19)21/h1-8,18-19,21-22,27H,10-12H2/t18-,19-,21+,22+/m0/s1. The molecule has 2 aromatic carbocycles. The first-order valence-electron chi connectivity index (χ1n) is 9.95. The number of para-hydroxylation sites is 1. The highest BCUT2D eigenvalue weighted by molar-refractivity contribution is 5.87. The topological polar surface area (TPSA) is 93.7 Å². The quantitative estimate of drug-likeness (QED) is 0.691. The van der Waals surface area contributed by atoms with Gasteiger partial charge >= 0.3 is 0 Å². The number of nitrogens with zero attached hydrogens (tertiary/aromatic N) is 2. The summed E-state index contributed by atoms with van der Waals surface area (Å²) in [5, 5.41) is 20.4. The highest BCUT2D eigenvalue weighted by Gasteiger charge is 2.48. The van der Waals surface area contributed by atoms with Crippen molar-refractivity contribution in [2.45, 2.75) is 31.0 Å². The van der Waals surface area contributed by atoms with Crippen LogP contribution in [0.1, 0.15) is 11.1 Å². The van der Waals surface area contributed by atoms with Crippen LogP contribution in [-0.2, 0) is 16.0 Å². The summed E-state index contributed by atoms with van der Waals surface area (Å²) in [7, 11) is 0. The molecular formula is C23H19FN2O5. The summed E-state index contributed by atoms with van der Waals surface area (Å²) in [5.41, 5.74) is 0.700. The first-order chi connectivity index (χ1) is 15.1. The molecular weight excluding hydrogens is 403 g/mol. The Morgan fingerprint density at radius 3 is 2.65 bits per heavy atom. The summed E-state index contributed by atoms with van der Waals surface area (Å²) in [5.74, 6) is -0.184. The zero-order valence-electron chi connectivity index (χ0n) is 16.4. The lowest BCUT2D eigenvalue weighted by Gasteiger charge is -2.21. The average Bonchev–Trinajstić information content (AvgIpc) is 3.35. The Hall–Kier alpha value is -3.25. The molecule has 1 aromatic heterocycles. The van der Waals surface area contributed by atoms with Crippen LogP contribution in [0.2, 0.25) is 0 Å². The summed E-state index contributed by atoms with van der Waals surface area (Å²) in [4.78, 5) is 13.2.